The largest absolute Gasteiger partial charge is 0.477 e. The van der Waals surface area contributed by atoms with E-state index in [0.29, 0.717) is 0 Å². The fourth-order valence-corrected chi connectivity index (χ4v) is 10.2. The number of nitrogens with one attached hydrogen (secondary N) is 4. The van der Waals surface area contributed by atoms with Gasteiger partial charge < -0.3 is 166 Å². The van der Waals surface area contributed by atoms with Crippen LogP contribution in [0.2, 0.25) is 0 Å². The van der Waals surface area contributed by atoms with Gasteiger partial charge in [0.15, 0.2) is 18.9 Å². The lowest BCUT2D eigenvalue weighted by Gasteiger charge is -2.52. The van der Waals surface area contributed by atoms with Gasteiger partial charge in [0.05, 0.1) is 76.6 Å². The summed E-state index contributed by atoms with van der Waals surface area (Å²) in [6.45, 7) is -6.99. The average molecular weight is 1250 g/mol. The van der Waals surface area contributed by atoms with Crippen LogP contribution in [-0.4, -0.2) is 357 Å². The summed E-state index contributed by atoms with van der Waals surface area (Å²) in [5, 5.41) is 215. The molecule has 5 saturated heterocycles. The highest BCUT2D eigenvalue weighted by atomic mass is 16.8. The molecule has 23 N–H and O–H groups in total. The summed E-state index contributed by atoms with van der Waals surface area (Å²) in [5.74, 6) is -14.8. The molecule has 0 radical (unpaired) electrons. The van der Waals surface area contributed by atoms with Crippen molar-refractivity contribution < 1.29 is 173 Å². The van der Waals surface area contributed by atoms with Crippen LogP contribution in [-0.2, 0) is 76.1 Å². The predicted octanol–water partition coefficient (Wildman–Crippen LogP) is -15.0. The van der Waals surface area contributed by atoms with E-state index in [2.05, 4.69) is 16.0 Å². The molecular formula is C46H76N4O35. The second kappa shape index (κ2) is 31.3. The highest BCUT2D eigenvalue weighted by molar-refractivity contribution is 5.78. The second-order valence-electron chi connectivity index (χ2n) is 20.5. The molecule has 28 atom stereocenters. The lowest BCUT2D eigenvalue weighted by Crippen LogP contribution is -2.72. The smallest absolute Gasteiger partial charge is 0.364 e. The molecule has 0 aromatic rings. The molecule has 0 spiro atoms. The van der Waals surface area contributed by atoms with Gasteiger partial charge in [-0.15, -0.1) is 0 Å². The quantitative estimate of drug-likeness (QED) is 0.0309. The van der Waals surface area contributed by atoms with Gasteiger partial charge in [-0.3, -0.25) is 19.2 Å². The van der Waals surface area contributed by atoms with Gasteiger partial charge in [-0.2, -0.15) is 0 Å². The molecule has 0 unspecified atom stereocenters. The molecule has 5 rings (SSSR count). The van der Waals surface area contributed by atoms with Crippen molar-refractivity contribution in [3.8, 4) is 0 Å². The number of amides is 4. The van der Waals surface area contributed by atoms with Gasteiger partial charge in [-0.1, -0.05) is 0 Å². The van der Waals surface area contributed by atoms with E-state index in [1.807, 2.05) is 5.32 Å². The van der Waals surface area contributed by atoms with Gasteiger partial charge in [-0.05, 0) is 0 Å². The summed E-state index contributed by atoms with van der Waals surface area (Å²) in [4.78, 5) is 75.4. The Hall–Kier alpha value is -4.26. The summed E-state index contributed by atoms with van der Waals surface area (Å²) < 4.78 is 57.6. The molecule has 85 heavy (non-hydrogen) atoms. The summed E-state index contributed by atoms with van der Waals surface area (Å²) in [6, 6.07) is -6.89. The van der Waals surface area contributed by atoms with Crippen molar-refractivity contribution >= 4 is 36.1 Å². The molecule has 0 aliphatic carbocycles. The Bertz CT molecular complexity index is 2200. The lowest BCUT2D eigenvalue weighted by atomic mass is 9.87. The minimum atomic E-state index is -3.63. The fraction of sp³-hybridized carbons (Fsp3) is 0.870. The van der Waals surface area contributed by atoms with Crippen molar-refractivity contribution in [3.63, 3.8) is 0 Å². The van der Waals surface area contributed by atoms with Crippen molar-refractivity contribution in [1.29, 1.82) is 0 Å². The number of carbonyl (C=O) groups is 6. The number of aliphatic hydroxyl groups is 17. The van der Waals surface area contributed by atoms with Crippen LogP contribution < -0.4 is 21.3 Å². The van der Waals surface area contributed by atoms with Crippen LogP contribution in [0.4, 0.5) is 0 Å². The normalized spacial score (nSPS) is 40.6. The van der Waals surface area contributed by atoms with Crippen LogP contribution in [0.1, 0.15) is 26.7 Å². The van der Waals surface area contributed by atoms with E-state index in [1.54, 1.807) is 0 Å². The van der Waals surface area contributed by atoms with E-state index in [4.69, 9.17) is 47.4 Å². The Balaban J connectivity index is 1.62. The zero-order chi connectivity index (χ0) is 63.6. The first kappa shape index (κ1) is 71.5. The maximum absolute atomic E-state index is 13.9. The van der Waals surface area contributed by atoms with Crippen molar-refractivity contribution in [1.82, 2.24) is 21.3 Å². The van der Waals surface area contributed by atoms with Gasteiger partial charge in [0.1, 0.15) is 116 Å². The molecule has 5 aliphatic rings. The SMILES string of the molecule is CC(=O)N[C@H]1[C@H](O[C@@H]2[C@H](O[C@]3(C(=O)O)C[C@H](O)[C@@H](NC(=O)CO)[C@H]([C@H](O)[C@@H](CO)O[C@]4(C(=O)O)C[C@H](O)[C@@H](NC(C)=O)[C@H]([C@H](O)[C@H](O)CO)O4)O3)[C@@H](O)[C@H](O[C@H]3[C@H](O)[C@@H](O)[C@H](OC[C@@H](CO)NC=O)O[C@@H]3CO)O[C@@H]2CO)O[C@H](CO)[C@H](O)[C@@H]1O. The van der Waals surface area contributed by atoms with Gasteiger partial charge in [0.2, 0.25) is 24.1 Å². The Morgan fingerprint density at radius 2 is 1.09 bits per heavy atom. The van der Waals surface area contributed by atoms with Crippen molar-refractivity contribution in [2.24, 2.45) is 0 Å². The van der Waals surface area contributed by atoms with E-state index in [0.717, 1.165) is 13.8 Å². The molecule has 4 amide bonds. The minimum Gasteiger partial charge on any atom is -0.477 e. The highest BCUT2D eigenvalue weighted by Gasteiger charge is 2.63. The van der Waals surface area contributed by atoms with E-state index in [9.17, 15) is 126 Å². The number of carbonyl (C=O) groups excluding carboxylic acids is 4. The molecule has 5 aliphatic heterocycles. The van der Waals surface area contributed by atoms with Gasteiger partial charge in [-0.25, -0.2) is 9.59 Å². The lowest BCUT2D eigenvalue weighted by molar-refractivity contribution is -0.402. The third kappa shape index (κ3) is 16.3. The summed E-state index contributed by atoms with van der Waals surface area (Å²) in [5.41, 5.74) is 0. The monoisotopic (exact) mass is 1240 g/mol. The van der Waals surface area contributed by atoms with Crippen molar-refractivity contribution in [3.05, 3.63) is 0 Å². The third-order valence-electron chi connectivity index (χ3n) is 14.6. The fourth-order valence-electron chi connectivity index (χ4n) is 10.2. The summed E-state index contributed by atoms with van der Waals surface area (Å²) in [7, 11) is 0. The average Bonchev–Trinajstić information content (AvgIpc) is 3.63. The molecule has 490 valence electrons. The van der Waals surface area contributed by atoms with Crippen LogP contribution in [0.25, 0.3) is 0 Å². The van der Waals surface area contributed by atoms with Crippen LogP contribution in [0.15, 0.2) is 0 Å². The zero-order valence-electron chi connectivity index (χ0n) is 45.2. The number of hydrogen-bond acceptors (Lipinski definition) is 33. The van der Waals surface area contributed by atoms with Crippen LogP contribution in [0.5, 0.6) is 0 Å². The Morgan fingerprint density at radius 1 is 0.576 bits per heavy atom. The molecule has 0 bridgehead atoms. The maximum atomic E-state index is 13.9. The Morgan fingerprint density at radius 3 is 1.62 bits per heavy atom. The molecule has 39 heteroatoms. The maximum Gasteiger partial charge on any atom is 0.364 e. The van der Waals surface area contributed by atoms with Crippen molar-refractivity contribution in [2.45, 2.75) is 197 Å². The number of carboxylic acid groups (broad SMARTS) is 2. The molecule has 0 aromatic carbocycles. The number of rotatable bonds is 29. The van der Waals surface area contributed by atoms with E-state index < -0.39 is 266 Å². The Kier molecular flexibility index (Phi) is 26.3. The van der Waals surface area contributed by atoms with Gasteiger partial charge in [0, 0.05) is 26.7 Å². The zero-order valence-corrected chi connectivity index (χ0v) is 45.2. The molecule has 5 heterocycles. The molecule has 0 aromatic heterocycles. The summed E-state index contributed by atoms with van der Waals surface area (Å²) >= 11 is 0. The first-order valence-corrected chi connectivity index (χ1v) is 26.2. The molecule has 0 saturated carbocycles. The number of ether oxygens (including phenoxy) is 10. The Labute approximate surface area is 480 Å². The standard InChI is InChI=1S/C46H76N4O35/c1-14(59)48-25-17(61)3-45(43(72)73,83-37(25)28(65)19(63)6-52)82-21(8-54)30(67)38-26(50-24(64)11-57)18(62)4-46(84-38,44(74)75)85-39-34(71)42(80-35-22(9-55)78-41(33(70)32(35)69)76-12-16(5-51)47-13-58)79-23(10-56)36(39)81-40-27(49-15(2)60)31(68)29(66)20(7-53)77-40/h13,16-23,25-42,51-57,61-63,65-71H,3-12H2,1-2H3,(H,47,58)(H,48,59)(H,49,60)(H,50,64)(H,72,73)(H,74,75)/t16-,17+,18+,19-,20-,21-,22-,23-,25-,26-,27-,28-,29+,30-,31-,32-,33-,34-,35-,36+,37-,38-,39-,40+,41-,42+,45-,46+/m1/s1. The first-order chi connectivity index (χ1) is 40.1. The van der Waals surface area contributed by atoms with Gasteiger partial charge in [0.25, 0.3) is 11.6 Å². The minimum absolute atomic E-state index is 0.216. The highest BCUT2D eigenvalue weighted by Crippen LogP contribution is 2.42. The number of hydrogen-bond donors (Lipinski definition) is 23. The number of aliphatic carboxylic acids is 2. The topological polar surface area (TPSA) is 627 Å². The number of aliphatic hydroxyl groups excluding tert-OH is 17. The van der Waals surface area contributed by atoms with Crippen LogP contribution >= 0.6 is 0 Å². The first-order valence-electron chi connectivity index (χ1n) is 26.2. The molecule has 39 nitrogen and oxygen atoms in total. The van der Waals surface area contributed by atoms with Crippen LogP contribution in [0.3, 0.4) is 0 Å². The number of carboxylic acids is 2. The van der Waals surface area contributed by atoms with Crippen molar-refractivity contribution in [2.75, 3.05) is 52.9 Å². The molecular weight excluding hydrogens is 1170 g/mol. The van der Waals surface area contributed by atoms with Gasteiger partial charge >= 0.3 is 11.9 Å². The summed E-state index contributed by atoms with van der Waals surface area (Å²) in [6.07, 6.45) is -51.7. The van der Waals surface area contributed by atoms with E-state index in [-0.39, 0.29) is 6.41 Å². The van der Waals surface area contributed by atoms with E-state index in [1.165, 1.54) is 0 Å². The second-order valence-corrected chi connectivity index (χ2v) is 20.5. The molecule has 5 fully saturated rings. The third-order valence-corrected chi connectivity index (χ3v) is 14.6. The van der Waals surface area contributed by atoms with Crippen LogP contribution in [0, 0.1) is 0 Å². The predicted molar refractivity (Wildman–Crippen MR) is 261 cm³/mol. The van der Waals surface area contributed by atoms with E-state index >= 15 is 0 Å².